The van der Waals surface area contributed by atoms with E-state index in [-0.39, 0.29) is 35.0 Å². The fraction of sp³-hybridized carbons (Fsp3) is 0.839. The summed E-state index contributed by atoms with van der Waals surface area (Å²) in [6, 6.07) is -2.24. The van der Waals surface area contributed by atoms with E-state index < -0.39 is 29.8 Å². The summed E-state index contributed by atoms with van der Waals surface area (Å²) in [5, 5.41) is 5.99. The lowest BCUT2D eigenvalue weighted by molar-refractivity contribution is -0.149. The van der Waals surface area contributed by atoms with Gasteiger partial charge >= 0.3 is 0 Å². The van der Waals surface area contributed by atoms with Gasteiger partial charge in [-0.2, -0.15) is 0 Å². The SMILES string of the molecule is C[C@@H]1CC(C(=O)NC(CC2CCC2)C(=O)C(=O)N2CCC2)N(C(=O)[C@@H](NC(=O)CC(C)(C)C)C2CCCCC2)C1. The van der Waals surface area contributed by atoms with Gasteiger partial charge in [0.1, 0.15) is 12.1 Å². The van der Waals surface area contributed by atoms with Crippen molar-refractivity contribution in [1.29, 1.82) is 0 Å². The zero-order valence-corrected chi connectivity index (χ0v) is 25.0. The lowest BCUT2D eigenvalue weighted by atomic mass is 9.80. The molecule has 2 N–H and O–H groups in total. The van der Waals surface area contributed by atoms with Crippen LogP contribution >= 0.6 is 0 Å². The molecule has 0 spiro atoms. The van der Waals surface area contributed by atoms with Crippen LogP contribution in [0.1, 0.15) is 105 Å². The van der Waals surface area contributed by atoms with E-state index in [0.29, 0.717) is 44.8 Å². The summed E-state index contributed by atoms with van der Waals surface area (Å²) >= 11 is 0. The minimum Gasteiger partial charge on any atom is -0.344 e. The molecule has 2 unspecified atom stereocenters. The Morgan fingerprint density at radius 3 is 2.10 bits per heavy atom. The molecule has 0 bridgehead atoms. The second kappa shape index (κ2) is 13.0. The van der Waals surface area contributed by atoms with Crippen molar-refractivity contribution in [2.24, 2.45) is 23.2 Å². The van der Waals surface area contributed by atoms with Gasteiger partial charge in [-0.1, -0.05) is 66.2 Å². The maximum absolute atomic E-state index is 14.1. The van der Waals surface area contributed by atoms with Crippen LogP contribution in [0.15, 0.2) is 0 Å². The summed E-state index contributed by atoms with van der Waals surface area (Å²) in [6.07, 6.45) is 10.2. The molecule has 4 atom stereocenters. The third-order valence-electron chi connectivity index (χ3n) is 9.27. The number of rotatable bonds is 10. The quantitative estimate of drug-likeness (QED) is 0.400. The number of ketones is 1. The van der Waals surface area contributed by atoms with Gasteiger partial charge in [0, 0.05) is 26.1 Å². The summed E-state index contributed by atoms with van der Waals surface area (Å²) in [4.78, 5) is 70.0. The van der Waals surface area contributed by atoms with E-state index in [9.17, 15) is 24.0 Å². The first-order valence-corrected chi connectivity index (χ1v) is 15.7. The summed E-state index contributed by atoms with van der Waals surface area (Å²) in [5.41, 5.74) is -0.204. The molecule has 4 aliphatic rings. The highest BCUT2D eigenvalue weighted by Gasteiger charge is 2.44. The Morgan fingerprint density at radius 1 is 0.875 bits per heavy atom. The molecule has 4 fully saturated rings. The Hall–Kier alpha value is -2.45. The van der Waals surface area contributed by atoms with Crippen molar-refractivity contribution in [3.05, 3.63) is 0 Å². The van der Waals surface area contributed by atoms with Crippen LogP contribution in [0.4, 0.5) is 0 Å². The molecule has 2 saturated carbocycles. The number of amides is 4. The summed E-state index contributed by atoms with van der Waals surface area (Å²) in [7, 11) is 0. The molecular weight excluding hydrogens is 508 g/mol. The highest BCUT2D eigenvalue weighted by molar-refractivity contribution is 6.38. The number of nitrogens with zero attached hydrogens (tertiary/aromatic N) is 2. The van der Waals surface area contributed by atoms with E-state index in [1.54, 1.807) is 9.80 Å². The van der Waals surface area contributed by atoms with E-state index >= 15 is 0 Å². The smallest absolute Gasteiger partial charge is 0.292 e. The molecule has 224 valence electrons. The van der Waals surface area contributed by atoms with Crippen LogP contribution < -0.4 is 10.6 Å². The van der Waals surface area contributed by atoms with Gasteiger partial charge in [0.15, 0.2) is 0 Å². The number of carbonyl (C=O) groups excluding carboxylic acids is 5. The first-order chi connectivity index (χ1) is 18.9. The molecule has 2 aliphatic heterocycles. The van der Waals surface area contributed by atoms with Crippen molar-refractivity contribution in [3.63, 3.8) is 0 Å². The highest BCUT2D eigenvalue weighted by atomic mass is 16.2. The highest BCUT2D eigenvalue weighted by Crippen LogP contribution is 2.33. The Morgan fingerprint density at radius 2 is 1.55 bits per heavy atom. The van der Waals surface area contributed by atoms with Crippen molar-refractivity contribution in [1.82, 2.24) is 20.4 Å². The molecule has 9 heteroatoms. The van der Waals surface area contributed by atoms with Gasteiger partial charge < -0.3 is 20.4 Å². The predicted molar refractivity (Wildman–Crippen MR) is 152 cm³/mol. The van der Waals surface area contributed by atoms with Gasteiger partial charge in [-0.15, -0.1) is 0 Å². The topological polar surface area (TPSA) is 116 Å². The maximum atomic E-state index is 14.1. The molecule has 4 rings (SSSR count). The maximum Gasteiger partial charge on any atom is 0.292 e. The first-order valence-electron chi connectivity index (χ1n) is 15.7. The standard InChI is InChI=1S/C31H50N4O5/c1-20-16-24(28(38)32-23(17-21-10-8-11-21)27(37)30(40)34-14-9-15-34)35(19-20)29(39)26(22-12-6-5-7-13-22)33-25(36)18-31(2,3)4/h20-24,26H,5-19H2,1-4H3,(H,32,38)(H,33,36)/t20-,23?,24?,26+/m1/s1. The van der Waals surface area contributed by atoms with Gasteiger partial charge in [-0.25, -0.2) is 0 Å². The summed E-state index contributed by atoms with van der Waals surface area (Å²) < 4.78 is 0. The predicted octanol–water partition coefficient (Wildman–Crippen LogP) is 3.20. The van der Waals surface area contributed by atoms with E-state index in [1.807, 2.05) is 27.7 Å². The molecule has 0 aromatic carbocycles. The van der Waals surface area contributed by atoms with Crippen molar-refractivity contribution < 1.29 is 24.0 Å². The van der Waals surface area contributed by atoms with E-state index in [0.717, 1.165) is 57.8 Å². The van der Waals surface area contributed by atoms with Crippen LogP contribution in [0.5, 0.6) is 0 Å². The van der Waals surface area contributed by atoms with Crippen molar-refractivity contribution in [2.45, 2.75) is 123 Å². The lowest BCUT2D eigenvalue weighted by Crippen LogP contribution is -2.58. The van der Waals surface area contributed by atoms with Gasteiger partial charge in [-0.3, -0.25) is 24.0 Å². The van der Waals surface area contributed by atoms with E-state index in [4.69, 9.17) is 0 Å². The van der Waals surface area contributed by atoms with Crippen LogP contribution in [0, 0.1) is 23.2 Å². The number of carbonyl (C=O) groups is 5. The van der Waals surface area contributed by atoms with Crippen molar-refractivity contribution >= 4 is 29.4 Å². The van der Waals surface area contributed by atoms with Crippen molar-refractivity contribution in [3.8, 4) is 0 Å². The fourth-order valence-corrected chi connectivity index (χ4v) is 6.66. The lowest BCUT2D eigenvalue weighted by Gasteiger charge is -2.36. The Balaban J connectivity index is 1.49. The molecule has 9 nitrogen and oxygen atoms in total. The van der Waals surface area contributed by atoms with Crippen molar-refractivity contribution in [2.75, 3.05) is 19.6 Å². The Kier molecular flexibility index (Phi) is 9.93. The summed E-state index contributed by atoms with van der Waals surface area (Å²) in [5.74, 6) is -1.27. The molecule has 0 aromatic heterocycles. The largest absolute Gasteiger partial charge is 0.344 e. The molecule has 2 heterocycles. The molecular formula is C31H50N4O5. The van der Waals surface area contributed by atoms with Gasteiger partial charge in [0.25, 0.3) is 5.91 Å². The van der Waals surface area contributed by atoms with Crippen LogP contribution in [0.2, 0.25) is 0 Å². The average Bonchev–Trinajstić information content (AvgIpc) is 3.23. The molecule has 0 aromatic rings. The molecule has 2 saturated heterocycles. The minimum atomic E-state index is -0.862. The third-order valence-corrected chi connectivity index (χ3v) is 9.27. The molecule has 40 heavy (non-hydrogen) atoms. The molecule has 2 aliphatic carbocycles. The average molecular weight is 559 g/mol. The number of likely N-dealkylation sites (tertiary alicyclic amines) is 2. The second-order valence-electron chi connectivity index (χ2n) is 14.1. The molecule has 0 radical (unpaired) electrons. The third kappa shape index (κ3) is 7.64. The van der Waals surface area contributed by atoms with Crippen LogP contribution in [0.3, 0.4) is 0 Å². The van der Waals surface area contributed by atoms with Gasteiger partial charge in [0.2, 0.25) is 23.5 Å². The first kappa shape index (κ1) is 30.5. The Bertz CT molecular complexity index is 961. The normalized spacial score (nSPS) is 25.4. The van der Waals surface area contributed by atoms with E-state index in [2.05, 4.69) is 10.6 Å². The number of nitrogens with one attached hydrogen (secondary N) is 2. The minimum absolute atomic E-state index is 0.0480. The number of Topliss-reactive ketones (excluding diaryl/α,β-unsaturated/α-hetero) is 1. The van der Waals surface area contributed by atoms with Crippen LogP contribution in [-0.4, -0.2) is 77.0 Å². The van der Waals surface area contributed by atoms with Crippen LogP contribution in [-0.2, 0) is 24.0 Å². The fourth-order valence-electron chi connectivity index (χ4n) is 6.66. The zero-order chi connectivity index (χ0) is 29.0. The molecule has 4 amide bonds. The zero-order valence-electron chi connectivity index (χ0n) is 25.0. The second-order valence-corrected chi connectivity index (χ2v) is 14.1. The summed E-state index contributed by atoms with van der Waals surface area (Å²) in [6.45, 7) is 9.62. The number of hydrogen-bond acceptors (Lipinski definition) is 5. The Labute approximate surface area is 239 Å². The van der Waals surface area contributed by atoms with Gasteiger partial charge in [-0.05, 0) is 55.3 Å². The van der Waals surface area contributed by atoms with Crippen LogP contribution in [0.25, 0.3) is 0 Å². The number of hydrogen-bond donors (Lipinski definition) is 2. The van der Waals surface area contributed by atoms with Gasteiger partial charge in [0.05, 0.1) is 6.04 Å². The van der Waals surface area contributed by atoms with E-state index in [1.165, 1.54) is 0 Å². The monoisotopic (exact) mass is 558 g/mol.